The molecule has 2 N–H and O–H groups in total. The minimum absolute atomic E-state index is 0.0749. The number of halogens is 1. The number of rotatable bonds is 6. The standard InChI is InChI=1S/C15H17ClN2O2S/c1-10(13-7-8-14(16)21-13)17-9-15(19)18-11-5-3-4-6-12(11)20-2/h3-8,10,17H,9H2,1-2H3,(H,18,19). The molecule has 0 aliphatic heterocycles. The van der Waals surface area contributed by atoms with Gasteiger partial charge >= 0.3 is 0 Å². The van der Waals surface area contributed by atoms with E-state index in [0.717, 1.165) is 9.21 Å². The van der Waals surface area contributed by atoms with Gasteiger partial charge in [-0.3, -0.25) is 4.79 Å². The van der Waals surface area contributed by atoms with E-state index in [4.69, 9.17) is 16.3 Å². The Morgan fingerprint density at radius 1 is 1.33 bits per heavy atom. The summed E-state index contributed by atoms with van der Waals surface area (Å²) in [4.78, 5) is 13.1. The van der Waals surface area contributed by atoms with Crippen molar-refractivity contribution in [3.05, 3.63) is 45.6 Å². The van der Waals surface area contributed by atoms with Gasteiger partial charge in [-0.2, -0.15) is 0 Å². The number of carbonyl (C=O) groups excluding carboxylic acids is 1. The molecule has 1 unspecified atom stereocenters. The van der Waals surface area contributed by atoms with E-state index in [1.54, 1.807) is 19.2 Å². The van der Waals surface area contributed by atoms with Crippen LogP contribution in [0.4, 0.5) is 5.69 Å². The largest absolute Gasteiger partial charge is 0.495 e. The van der Waals surface area contributed by atoms with Crippen LogP contribution in [0.2, 0.25) is 4.34 Å². The summed E-state index contributed by atoms with van der Waals surface area (Å²) in [5, 5.41) is 5.99. The van der Waals surface area contributed by atoms with Crippen molar-refractivity contribution in [2.75, 3.05) is 19.0 Å². The lowest BCUT2D eigenvalue weighted by atomic mass is 10.2. The number of hydrogen-bond donors (Lipinski definition) is 2. The number of carbonyl (C=O) groups is 1. The Hall–Kier alpha value is -1.56. The fourth-order valence-electron chi connectivity index (χ4n) is 1.85. The first-order valence-electron chi connectivity index (χ1n) is 6.51. The minimum atomic E-state index is -0.117. The Morgan fingerprint density at radius 3 is 2.76 bits per heavy atom. The van der Waals surface area contributed by atoms with Crippen molar-refractivity contribution in [1.82, 2.24) is 5.32 Å². The zero-order valence-corrected chi connectivity index (χ0v) is 13.4. The molecule has 0 bridgehead atoms. The Labute approximate surface area is 133 Å². The number of thiophene rings is 1. The van der Waals surface area contributed by atoms with E-state index in [2.05, 4.69) is 10.6 Å². The number of methoxy groups -OCH3 is 1. The molecule has 0 saturated heterocycles. The van der Waals surface area contributed by atoms with Crippen molar-refractivity contribution in [2.45, 2.75) is 13.0 Å². The molecule has 2 rings (SSSR count). The smallest absolute Gasteiger partial charge is 0.238 e. The summed E-state index contributed by atoms with van der Waals surface area (Å²) < 4.78 is 5.94. The SMILES string of the molecule is COc1ccccc1NC(=O)CNC(C)c1ccc(Cl)s1. The first kappa shape index (κ1) is 15.8. The number of ether oxygens (including phenoxy) is 1. The van der Waals surface area contributed by atoms with E-state index < -0.39 is 0 Å². The second-order valence-electron chi connectivity index (χ2n) is 4.49. The average Bonchev–Trinajstić information content (AvgIpc) is 2.92. The van der Waals surface area contributed by atoms with Gasteiger partial charge in [-0.15, -0.1) is 11.3 Å². The lowest BCUT2D eigenvalue weighted by Crippen LogP contribution is -2.29. The van der Waals surface area contributed by atoms with Crippen molar-refractivity contribution in [3.8, 4) is 5.75 Å². The van der Waals surface area contributed by atoms with E-state index in [9.17, 15) is 4.79 Å². The quantitative estimate of drug-likeness (QED) is 0.852. The highest BCUT2D eigenvalue weighted by molar-refractivity contribution is 7.16. The van der Waals surface area contributed by atoms with Crippen molar-refractivity contribution in [3.63, 3.8) is 0 Å². The van der Waals surface area contributed by atoms with Gasteiger partial charge in [-0.25, -0.2) is 0 Å². The molecule has 6 heteroatoms. The van der Waals surface area contributed by atoms with Crippen LogP contribution < -0.4 is 15.4 Å². The molecule has 112 valence electrons. The van der Waals surface area contributed by atoms with Gasteiger partial charge in [0, 0.05) is 10.9 Å². The number of amides is 1. The van der Waals surface area contributed by atoms with Crippen molar-refractivity contribution in [2.24, 2.45) is 0 Å². The van der Waals surface area contributed by atoms with E-state index in [1.165, 1.54) is 11.3 Å². The third-order valence-electron chi connectivity index (χ3n) is 2.97. The summed E-state index contributed by atoms with van der Waals surface area (Å²) in [5.41, 5.74) is 0.665. The lowest BCUT2D eigenvalue weighted by Gasteiger charge is -2.13. The summed E-state index contributed by atoms with van der Waals surface area (Å²) >= 11 is 7.41. The van der Waals surface area contributed by atoms with Gasteiger partial charge in [-0.05, 0) is 31.2 Å². The lowest BCUT2D eigenvalue weighted by molar-refractivity contribution is -0.115. The molecule has 1 heterocycles. The van der Waals surface area contributed by atoms with Gasteiger partial charge in [-0.1, -0.05) is 23.7 Å². The maximum absolute atomic E-state index is 12.0. The molecule has 0 aliphatic rings. The fraction of sp³-hybridized carbons (Fsp3) is 0.267. The van der Waals surface area contributed by atoms with Crippen molar-refractivity contribution in [1.29, 1.82) is 0 Å². The summed E-state index contributed by atoms with van der Waals surface area (Å²) in [5.74, 6) is 0.526. The highest BCUT2D eigenvalue weighted by Crippen LogP contribution is 2.26. The molecule has 4 nitrogen and oxygen atoms in total. The molecule has 2 aromatic rings. The monoisotopic (exact) mass is 324 g/mol. The van der Waals surface area contributed by atoms with Gasteiger partial charge in [0.2, 0.25) is 5.91 Å². The highest BCUT2D eigenvalue weighted by Gasteiger charge is 2.11. The molecule has 0 aliphatic carbocycles. The third-order valence-corrected chi connectivity index (χ3v) is 4.38. The number of benzene rings is 1. The first-order valence-corrected chi connectivity index (χ1v) is 7.71. The zero-order valence-electron chi connectivity index (χ0n) is 11.9. The molecule has 0 radical (unpaired) electrons. The molecule has 0 saturated carbocycles. The first-order chi connectivity index (χ1) is 10.1. The van der Waals surface area contributed by atoms with E-state index in [1.807, 2.05) is 31.2 Å². The summed E-state index contributed by atoms with van der Waals surface area (Å²) in [6, 6.07) is 11.2. The summed E-state index contributed by atoms with van der Waals surface area (Å²) in [6.07, 6.45) is 0. The average molecular weight is 325 g/mol. The fourth-order valence-corrected chi connectivity index (χ4v) is 2.94. The minimum Gasteiger partial charge on any atom is -0.495 e. The maximum atomic E-state index is 12.0. The van der Waals surface area contributed by atoms with Crippen molar-refractivity contribution < 1.29 is 9.53 Å². The number of anilines is 1. The van der Waals surface area contributed by atoms with E-state index in [0.29, 0.717) is 11.4 Å². The molecule has 1 aromatic carbocycles. The Balaban J connectivity index is 1.87. The number of nitrogens with one attached hydrogen (secondary N) is 2. The van der Waals surface area contributed by atoms with Gasteiger partial charge in [0.05, 0.1) is 23.7 Å². The molecular weight excluding hydrogens is 308 g/mol. The van der Waals surface area contributed by atoms with Crippen LogP contribution in [-0.2, 0) is 4.79 Å². The van der Waals surface area contributed by atoms with Gasteiger partial charge in [0.15, 0.2) is 0 Å². The van der Waals surface area contributed by atoms with Gasteiger partial charge in [0.25, 0.3) is 0 Å². The number of para-hydroxylation sites is 2. The molecular formula is C15H17ClN2O2S. The van der Waals surface area contributed by atoms with E-state index >= 15 is 0 Å². The molecule has 21 heavy (non-hydrogen) atoms. The topological polar surface area (TPSA) is 50.4 Å². The number of hydrogen-bond acceptors (Lipinski definition) is 4. The second kappa shape index (κ2) is 7.45. The van der Waals surface area contributed by atoms with Gasteiger partial charge in [0.1, 0.15) is 5.75 Å². The molecule has 0 fully saturated rings. The molecule has 1 atom stereocenters. The predicted molar refractivity (Wildman–Crippen MR) is 87.4 cm³/mol. The van der Waals surface area contributed by atoms with Crippen LogP contribution in [0.3, 0.4) is 0 Å². The van der Waals surface area contributed by atoms with Crippen LogP contribution in [0.1, 0.15) is 17.8 Å². The predicted octanol–water partition coefficient (Wildman–Crippen LogP) is 3.70. The van der Waals surface area contributed by atoms with Crippen LogP contribution in [0.15, 0.2) is 36.4 Å². The Bertz CT molecular complexity index is 615. The van der Waals surface area contributed by atoms with Crippen LogP contribution in [0.5, 0.6) is 5.75 Å². The van der Waals surface area contributed by atoms with Crippen LogP contribution in [-0.4, -0.2) is 19.6 Å². The third kappa shape index (κ3) is 4.46. The normalized spacial score (nSPS) is 12.0. The van der Waals surface area contributed by atoms with Crippen LogP contribution in [0.25, 0.3) is 0 Å². The second-order valence-corrected chi connectivity index (χ2v) is 6.24. The van der Waals surface area contributed by atoms with Crippen LogP contribution in [0, 0.1) is 0 Å². The molecule has 1 aromatic heterocycles. The maximum Gasteiger partial charge on any atom is 0.238 e. The zero-order chi connectivity index (χ0) is 15.2. The van der Waals surface area contributed by atoms with E-state index in [-0.39, 0.29) is 18.5 Å². The van der Waals surface area contributed by atoms with Crippen molar-refractivity contribution >= 4 is 34.5 Å². The Morgan fingerprint density at radius 2 is 2.10 bits per heavy atom. The molecule has 1 amide bonds. The van der Waals surface area contributed by atoms with Crippen LogP contribution >= 0.6 is 22.9 Å². The summed E-state index contributed by atoms with van der Waals surface area (Å²) in [7, 11) is 1.58. The highest BCUT2D eigenvalue weighted by atomic mass is 35.5. The van der Waals surface area contributed by atoms with Gasteiger partial charge < -0.3 is 15.4 Å². The molecule has 0 spiro atoms. The Kier molecular flexibility index (Phi) is 5.61. The summed E-state index contributed by atoms with van der Waals surface area (Å²) in [6.45, 7) is 2.22.